The minimum atomic E-state index is -2.10. The number of carboxylic acid groups (broad SMARTS) is 1. The van der Waals surface area contributed by atoms with Crippen molar-refractivity contribution >= 4 is 18.2 Å². The second-order valence-electron chi connectivity index (χ2n) is 5.80. The van der Waals surface area contributed by atoms with Crippen molar-refractivity contribution in [1.82, 2.24) is 10.6 Å². The van der Waals surface area contributed by atoms with E-state index in [0.29, 0.717) is 0 Å². The fourth-order valence-corrected chi connectivity index (χ4v) is 2.06. The summed E-state index contributed by atoms with van der Waals surface area (Å²) in [7, 11) is 0. The highest BCUT2D eigenvalue weighted by molar-refractivity contribution is 5.87. The van der Waals surface area contributed by atoms with Crippen LogP contribution in [0.4, 0.5) is 9.59 Å². The van der Waals surface area contributed by atoms with Gasteiger partial charge in [-0.05, 0) is 18.1 Å². The maximum absolute atomic E-state index is 11.9. The summed E-state index contributed by atoms with van der Waals surface area (Å²) in [5.74, 6) is -1.48. The lowest BCUT2D eigenvalue weighted by molar-refractivity contribution is -0.145. The number of ether oxygens (including phenoxy) is 2. The molecule has 0 fully saturated rings. The summed E-state index contributed by atoms with van der Waals surface area (Å²) in [6.45, 7) is 1.03. The van der Waals surface area contributed by atoms with Crippen LogP contribution in [0.3, 0.4) is 0 Å². The number of hydrogen-bond acceptors (Lipinski definition) is 5. The normalized spacial score (nSPS) is 10.6. The van der Waals surface area contributed by atoms with E-state index in [-0.39, 0.29) is 13.2 Å². The van der Waals surface area contributed by atoms with Crippen molar-refractivity contribution in [3.8, 4) is 0 Å². The molecule has 27 heavy (non-hydrogen) atoms. The van der Waals surface area contributed by atoms with E-state index in [4.69, 9.17) is 9.47 Å². The first-order valence-corrected chi connectivity index (χ1v) is 8.10. The number of carboxylic acids is 1. The fraction of sp³-hybridized carbons (Fsp3) is 0.211. The smallest absolute Gasteiger partial charge is 0.409 e. The monoisotopic (exact) mass is 372 g/mol. The van der Waals surface area contributed by atoms with Crippen LogP contribution >= 0.6 is 0 Å². The van der Waals surface area contributed by atoms with Gasteiger partial charge in [0.25, 0.3) is 0 Å². The van der Waals surface area contributed by atoms with Gasteiger partial charge < -0.3 is 14.6 Å². The van der Waals surface area contributed by atoms with Gasteiger partial charge in [-0.15, -0.1) is 0 Å². The summed E-state index contributed by atoms with van der Waals surface area (Å²) in [5, 5.41) is 13.6. The lowest BCUT2D eigenvalue weighted by Gasteiger charge is -2.26. The molecule has 0 aliphatic carbocycles. The van der Waals surface area contributed by atoms with Crippen molar-refractivity contribution in [3.63, 3.8) is 0 Å². The minimum absolute atomic E-state index is 0.0408. The van der Waals surface area contributed by atoms with Crippen molar-refractivity contribution in [2.45, 2.75) is 25.8 Å². The summed E-state index contributed by atoms with van der Waals surface area (Å²) < 4.78 is 9.96. The number of nitrogens with one attached hydrogen (secondary N) is 2. The zero-order valence-corrected chi connectivity index (χ0v) is 14.7. The lowest BCUT2D eigenvalue weighted by Crippen LogP contribution is -2.63. The van der Waals surface area contributed by atoms with Gasteiger partial charge >= 0.3 is 18.2 Å². The highest BCUT2D eigenvalue weighted by Crippen LogP contribution is 2.06. The van der Waals surface area contributed by atoms with E-state index in [9.17, 15) is 19.5 Å². The van der Waals surface area contributed by atoms with Crippen LogP contribution in [0.1, 0.15) is 18.1 Å². The van der Waals surface area contributed by atoms with E-state index >= 15 is 0 Å². The van der Waals surface area contributed by atoms with Crippen LogP contribution in [-0.2, 0) is 27.5 Å². The highest BCUT2D eigenvalue weighted by Gasteiger charge is 2.38. The van der Waals surface area contributed by atoms with Crippen LogP contribution in [0, 0.1) is 0 Å². The molecule has 0 heterocycles. The van der Waals surface area contributed by atoms with Gasteiger partial charge in [-0.25, -0.2) is 14.4 Å². The summed E-state index contributed by atoms with van der Waals surface area (Å²) in [4.78, 5) is 35.3. The largest absolute Gasteiger partial charge is 0.478 e. The van der Waals surface area contributed by atoms with Crippen molar-refractivity contribution < 1.29 is 29.0 Å². The number of carbonyl (C=O) groups excluding carboxylic acids is 2. The molecule has 0 bridgehead atoms. The zero-order valence-electron chi connectivity index (χ0n) is 14.7. The molecule has 0 saturated heterocycles. The summed E-state index contributed by atoms with van der Waals surface area (Å²) >= 11 is 0. The van der Waals surface area contributed by atoms with E-state index in [1.807, 2.05) is 12.1 Å². The molecule has 0 unspecified atom stereocenters. The first-order chi connectivity index (χ1) is 12.9. The molecule has 2 aromatic carbocycles. The molecule has 0 spiro atoms. The average Bonchev–Trinajstić information content (AvgIpc) is 2.66. The van der Waals surface area contributed by atoms with Gasteiger partial charge in [-0.2, -0.15) is 0 Å². The molecule has 2 amide bonds. The lowest BCUT2D eigenvalue weighted by atomic mass is 10.2. The molecule has 0 radical (unpaired) electrons. The Labute approximate surface area is 156 Å². The second kappa shape index (κ2) is 9.23. The van der Waals surface area contributed by atoms with E-state index < -0.39 is 23.8 Å². The van der Waals surface area contributed by atoms with Crippen molar-refractivity contribution in [2.24, 2.45) is 0 Å². The number of carbonyl (C=O) groups is 3. The summed E-state index contributed by atoms with van der Waals surface area (Å²) in [5.41, 5.74) is -0.624. The molecule has 0 atom stereocenters. The second-order valence-corrected chi connectivity index (χ2v) is 5.80. The van der Waals surface area contributed by atoms with Crippen molar-refractivity contribution in [3.05, 3.63) is 71.8 Å². The highest BCUT2D eigenvalue weighted by atomic mass is 16.6. The van der Waals surface area contributed by atoms with Gasteiger partial charge in [0.2, 0.25) is 5.66 Å². The molecule has 0 aliphatic rings. The molecule has 8 nitrogen and oxygen atoms in total. The van der Waals surface area contributed by atoms with E-state index in [1.165, 1.54) is 0 Å². The number of hydrogen-bond donors (Lipinski definition) is 3. The van der Waals surface area contributed by atoms with Gasteiger partial charge in [0, 0.05) is 0 Å². The number of amides is 2. The maximum Gasteiger partial charge on any atom is 0.409 e. The Morgan fingerprint density at radius 2 is 1.19 bits per heavy atom. The molecule has 2 aromatic rings. The maximum atomic E-state index is 11.9. The Morgan fingerprint density at radius 1 is 0.815 bits per heavy atom. The Kier molecular flexibility index (Phi) is 6.76. The third-order valence-corrected chi connectivity index (χ3v) is 3.56. The quantitative estimate of drug-likeness (QED) is 0.644. The summed E-state index contributed by atoms with van der Waals surface area (Å²) in [6, 6.07) is 17.8. The number of aliphatic carboxylic acids is 1. The molecular weight excluding hydrogens is 352 g/mol. The Balaban J connectivity index is 1.88. The number of benzene rings is 2. The predicted octanol–water partition coefficient (Wildman–Crippen LogP) is 2.64. The molecule has 8 heteroatoms. The van der Waals surface area contributed by atoms with Crippen molar-refractivity contribution in [2.75, 3.05) is 0 Å². The first-order valence-electron chi connectivity index (χ1n) is 8.10. The van der Waals surface area contributed by atoms with Crippen LogP contribution in [-0.4, -0.2) is 28.9 Å². The van der Waals surface area contributed by atoms with Crippen LogP contribution in [0.2, 0.25) is 0 Å². The topological polar surface area (TPSA) is 114 Å². The van der Waals surface area contributed by atoms with Gasteiger partial charge in [-0.1, -0.05) is 60.7 Å². The zero-order chi connectivity index (χ0) is 19.7. The Morgan fingerprint density at radius 3 is 1.52 bits per heavy atom. The predicted molar refractivity (Wildman–Crippen MR) is 95.6 cm³/mol. The molecular formula is C19H20N2O6. The van der Waals surface area contributed by atoms with Gasteiger partial charge in [0.1, 0.15) is 13.2 Å². The third-order valence-electron chi connectivity index (χ3n) is 3.56. The van der Waals surface area contributed by atoms with E-state index in [0.717, 1.165) is 18.1 Å². The van der Waals surface area contributed by atoms with Crippen LogP contribution in [0.25, 0.3) is 0 Å². The first kappa shape index (κ1) is 19.8. The summed E-state index contributed by atoms with van der Waals surface area (Å²) in [6.07, 6.45) is -1.99. The SMILES string of the molecule is CC(NC(=O)OCc1ccccc1)(NC(=O)OCc1ccccc1)C(=O)O. The molecule has 0 saturated carbocycles. The number of rotatable bonds is 7. The van der Waals surface area contributed by atoms with Crippen LogP contribution in [0.5, 0.6) is 0 Å². The Hall–Kier alpha value is -3.55. The van der Waals surface area contributed by atoms with Gasteiger partial charge in [0.15, 0.2) is 0 Å². The van der Waals surface area contributed by atoms with Crippen LogP contribution < -0.4 is 10.6 Å². The minimum Gasteiger partial charge on any atom is -0.478 e. The van der Waals surface area contributed by atoms with Gasteiger partial charge in [-0.3, -0.25) is 10.6 Å². The number of alkyl carbamates (subject to hydrolysis) is 2. The van der Waals surface area contributed by atoms with Crippen molar-refractivity contribution in [1.29, 1.82) is 0 Å². The molecule has 142 valence electrons. The van der Waals surface area contributed by atoms with E-state index in [2.05, 4.69) is 10.6 Å². The van der Waals surface area contributed by atoms with Crippen LogP contribution in [0.15, 0.2) is 60.7 Å². The third kappa shape index (κ3) is 6.35. The fourth-order valence-electron chi connectivity index (χ4n) is 2.06. The molecule has 0 aromatic heterocycles. The molecule has 2 rings (SSSR count). The Bertz CT molecular complexity index is 722. The van der Waals surface area contributed by atoms with E-state index in [1.54, 1.807) is 48.5 Å². The standard InChI is InChI=1S/C19H20N2O6/c1-19(16(22)23,20-17(24)26-12-14-8-4-2-5-9-14)21-18(25)27-13-15-10-6-3-7-11-15/h2-11H,12-13H2,1H3,(H,20,24)(H,21,25)(H,22,23). The molecule has 3 N–H and O–H groups in total. The molecule has 0 aliphatic heterocycles. The van der Waals surface area contributed by atoms with Gasteiger partial charge in [0.05, 0.1) is 0 Å². The average molecular weight is 372 g/mol.